The summed E-state index contributed by atoms with van der Waals surface area (Å²) >= 11 is 5.71. The molecule has 0 aromatic heterocycles. The van der Waals surface area contributed by atoms with Crippen molar-refractivity contribution in [1.29, 1.82) is 0 Å². The van der Waals surface area contributed by atoms with Crippen molar-refractivity contribution < 1.29 is 26.3 Å². The molecule has 1 heterocycles. The molecule has 1 aliphatic heterocycles. The van der Waals surface area contributed by atoms with Crippen LogP contribution in [0.3, 0.4) is 0 Å². The number of hydrogen-bond acceptors (Lipinski definition) is 2. The average Bonchev–Trinajstić information content (AvgIpc) is 2.46. The van der Waals surface area contributed by atoms with Gasteiger partial charge in [-0.15, -0.1) is 12.4 Å². The molecule has 1 aromatic carbocycles. The molecule has 1 N–H and O–H groups in total. The Morgan fingerprint density at radius 1 is 1.08 bits per heavy atom. The highest BCUT2D eigenvalue weighted by molar-refractivity contribution is 6.31. The Morgan fingerprint density at radius 2 is 1.68 bits per heavy atom. The maximum Gasteiger partial charge on any atom is 0.417 e. The predicted molar refractivity (Wildman–Crippen MR) is 86.2 cm³/mol. The summed E-state index contributed by atoms with van der Waals surface area (Å²) in [5, 5.41) is 2.60. The predicted octanol–water partition coefficient (Wildman–Crippen LogP) is 5.07. The van der Waals surface area contributed by atoms with Gasteiger partial charge in [0.2, 0.25) is 0 Å². The molecule has 1 aromatic rings. The van der Waals surface area contributed by atoms with E-state index in [0.29, 0.717) is 31.7 Å². The lowest BCUT2D eigenvalue weighted by Crippen LogP contribution is -2.45. The molecule has 10 heteroatoms. The summed E-state index contributed by atoms with van der Waals surface area (Å²) in [6, 6.07) is 2.57. The van der Waals surface area contributed by atoms with Crippen LogP contribution in [0, 0.1) is 0 Å². The molecule has 0 unspecified atom stereocenters. The number of benzene rings is 1. The zero-order valence-electron chi connectivity index (χ0n) is 13.1. The molecule has 0 amide bonds. The van der Waals surface area contributed by atoms with Crippen molar-refractivity contribution >= 4 is 24.0 Å². The van der Waals surface area contributed by atoms with Crippen LogP contribution in [0.4, 0.5) is 26.3 Å². The van der Waals surface area contributed by atoms with E-state index in [1.807, 2.05) is 4.90 Å². The van der Waals surface area contributed by atoms with Gasteiger partial charge < -0.3 is 5.32 Å². The Balaban J connectivity index is 0.00000312. The molecule has 25 heavy (non-hydrogen) atoms. The molecule has 0 aliphatic carbocycles. The van der Waals surface area contributed by atoms with Crippen LogP contribution in [-0.2, 0) is 6.18 Å². The van der Waals surface area contributed by atoms with E-state index in [1.54, 1.807) is 0 Å². The summed E-state index contributed by atoms with van der Waals surface area (Å²) in [6.45, 7) is 2.30. The molecule has 2 rings (SSSR count). The van der Waals surface area contributed by atoms with Crippen LogP contribution in [0.2, 0.25) is 5.02 Å². The summed E-state index contributed by atoms with van der Waals surface area (Å²) in [4.78, 5) is 1.85. The van der Waals surface area contributed by atoms with Crippen LogP contribution >= 0.6 is 24.0 Å². The SMILES string of the molecule is Cl.FC(F)(F)CC[C@@H](c1ccc(C(F)(F)F)c(Cl)c1)N1CCNCC1. The van der Waals surface area contributed by atoms with Crippen molar-refractivity contribution in [3.63, 3.8) is 0 Å². The van der Waals surface area contributed by atoms with Gasteiger partial charge in [-0.05, 0) is 24.1 Å². The van der Waals surface area contributed by atoms with E-state index < -0.39 is 35.4 Å². The van der Waals surface area contributed by atoms with E-state index >= 15 is 0 Å². The molecule has 1 saturated heterocycles. The van der Waals surface area contributed by atoms with E-state index in [2.05, 4.69) is 5.32 Å². The normalized spacial score (nSPS) is 17.9. The van der Waals surface area contributed by atoms with Gasteiger partial charge in [-0.25, -0.2) is 0 Å². The van der Waals surface area contributed by atoms with Crippen molar-refractivity contribution in [2.24, 2.45) is 0 Å². The quantitative estimate of drug-likeness (QED) is 0.697. The summed E-state index contributed by atoms with van der Waals surface area (Å²) in [7, 11) is 0. The van der Waals surface area contributed by atoms with Crippen molar-refractivity contribution in [2.45, 2.75) is 31.2 Å². The highest BCUT2D eigenvalue weighted by atomic mass is 35.5. The molecule has 0 bridgehead atoms. The number of rotatable bonds is 4. The number of piperazine rings is 1. The molecule has 144 valence electrons. The summed E-state index contributed by atoms with van der Waals surface area (Å²) in [5.74, 6) is 0. The Labute approximate surface area is 152 Å². The van der Waals surface area contributed by atoms with Crippen molar-refractivity contribution in [2.75, 3.05) is 26.2 Å². The molecule has 0 saturated carbocycles. The Hall–Kier alpha value is -0.700. The first kappa shape index (κ1) is 22.3. The topological polar surface area (TPSA) is 15.3 Å². The number of nitrogens with zero attached hydrogens (tertiary/aromatic N) is 1. The monoisotopic (exact) mass is 410 g/mol. The second-order valence-corrected chi connectivity index (χ2v) is 6.10. The van der Waals surface area contributed by atoms with Gasteiger partial charge in [-0.2, -0.15) is 26.3 Å². The van der Waals surface area contributed by atoms with Gasteiger partial charge in [0.15, 0.2) is 0 Å². The number of halogens is 8. The van der Waals surface area contributed by atoms with Crippen LogP contribution in [0.1, 0.15) is 30.0 Å². The highest BCUT2D eigenvalue weighted by Gasteiger charge is 2.35. The molecule has 0 radical (unpaired) electrons. The zero-order valence-corrected chi connectivity index (χ0v) is 14.6. The molecular formula is C15H18Cl2F6N2. The first-order chi connectivity index (χ1) is 11.1. The number of alkyl halides is 6. The lowest BCUT2D eigenvalue weighted by atomic mass is 9.98. The van der Waals surface area contributed by atoms with Gasteiger partial charge in [0.1, 0.15) is 0 Å². The van der Waals surface area contributed by atoms with Gasteiger partial charge in [-0.3, -0.25) is 4.90 Å². The van der Waals surface area contributed by atoms with Gasteiger partial charge in [-0.1, -0.05) is 17.7 Å². The second-order valence-electron chi connectivity index (χ2n) is 5.69. The number of hydrogen-bond donors (Lipinski definition) is 1. The lowest BCUT2D eigenvalue weighted by Gasteiger charge is -2.35. The third-order valence-corrected chi connectivity index (χ3v) is 4.29. The largest absolute Gasteiger partial charge is 0.417 e. The zero-order chi connectivity index (χ0) is 18.0. The number of nitrogens with one attached hydrogen (secondary N) is 1. The summed E-state index contributed by atoms with van der Waals surface area (Å²) < 4.78 is 76.1. The smallest absolute Gasteiger partial charge is 0.314 e. The fourth-order valence-corrected chi connectivity index (χ4v) is 3.12. The third-order valence-electron chi connectivity index (χ3n) is 3.98. The van der Waals surface area contributed by atoms with Gasteiger partial charge >= 0.3 is 12.4 Å². The highest BCUT2D eigenvalue weighted by Crippen LogP contribution is 2.38. The molecule has 2 nitrogen and oxygen atoms in total. The Kier molecular flexibility index (Phi) is 7.86. The Bertz CT molecular complexity index is 556. The first-order valence-electron chi connectivity index (χ1n) is 7.46. The second kappa shape index (κ2) is 8.79. The Morgan fingerprint density at radius 3 is 2.16 bits per heavy atom. The van der Waals surface area contributed by atoms with Gasteiger partial charge in [0.05, 0.1) is 10.6 Å². The van der Waals surface area contributed by atoms with E-state index in [-0.39, 0.29) is 18.8 Å². The van der Waals surface area contributed by atoms with Crippen molar-refractivity contribution in [3.05, 3.63) is 34.3 Å². The van der Waals surface area contributed by atoms with Crippen LogP contribution in [0.25, 0.3) is 0 Å². The van der Waals surface area contributed by atoms with Crippen LogP contribution < -0.4 is 5.32 Å². The van der Waals surface area contributed by atoms with E-state index in [1.165, 1.54) is 6.07 Å². The maximum atomic E-state index is 12.8. The summed E-state index contributed by atoms with van der Waals surface area (Å²) in [5.41, 5.74) is -0.609. The maximum absolute atomic E-state index is 12.8. The van der Waals surface area contributed by atoms with E-state index in [9.17, 15) is 26.3 Å². The van der Waals surface area contributed by atoms with Crippen LogP contribution in [0.15, 0.2) is 18.2 Å². The minimum atomic E-state index is -4.59. The first-order valence-corrected chi connectivity index (χ1v) is 7.84. The van der Waals surface area contributed by atoms with Gasteiger partial charge in [0, 0.05) is 38.6 Å². The molecule has 1 fully saturated rings. The van der Waals surface area contributed by atoms with Crippen molar-refractivity contribution in [3.8, 4) is 0 Å². The fourth-order valence-electron chi connectivity index (χ4n) is 2.82. The average molecular weight is 411 g/mol. The molecule has 0 spiro atoms. The minimum Gasteiger partial charge on any atom is -0.314 e. The minimum absolute atomic E-state index is 0. The van der Waals surface area contributed by atoms with Gasteiger partial charge in [0.25, 0.3) is 0 Å². The summed E-state index contributed by atoms with van der Waals surface area (Å²) in [6.07, 6.45) is -10.1. The van der Waals surface area contributed by atoms with E-state index in [4.69, 9.17) is 11.6 Å². The molecule has 1 atom stereocenters. The van der Waals surface area contributed by atoms with Crippen LogP contribution in [-0.4, -0.2) is 37.3 Å². The van der Waals surface area contributed by atoms with Crippen molar-refractivity contribution in [1.82, 2.24) is 10.2 Å². The van der Waals surface area contributed by atoms with E-state index in [0.717, 1.165) is 12.1 Å². The van der Waals surface area contributed by atoms with Crippen LogP contribution in [0.5, 0.6) is 0 Å². The molecular weight excluding hydrogens is 393 g/mol. The fraction of sp³-hybridized carbons (Fsp3) is 0.600. The lowest BCUT2D eigenvalue weighted by molar-refractivity contribution is -0.138. The third kappa shape index (κ3) is 6.51. The molecule has 1 aliphatic rings. The standard InChI is InChI=1S/C15H17ClF6N2.ClH/c16-12-9-10(1-2-11(12)15(20,21)22)13(3-4-14(17,18)19)24-7-5-23-6-8-24;/h1-2,9,13,23H,3-8H2;1H/t13-;/m0./s1.